The first-order valence-electron chi connectivity index (χ1n) is 1.37. The van der Waals surface area contributed by atoms with Crippen molar-refractivity contribution >= 4 is 62.6 Å². The first-order chi connectivity index (χ1) is 3.18. The summed E-state index contributed by atoms with van der Waals surface area (Å²) in [4.78, 5) is 9.74. The molecule has 0 fully saturated rings. The molecule has 0 aliphatic carbocycles. The molecule has 4 nitrogen and oxygen atoms in total. The van der Waals surface area contributed by atoms with Crippen LogP contribution in [0.5, 0.6) is 0 Å². The van der Waals surface area contributed by atoms with Gasteiger partial charge in [-0.15, -0.1) is 0 Å². The molecule has 52 valence electrons. The molecule has 0 aliphatic rings. The fraction of sp³-hybridized carbons (Fsp3) is 0.500. The molecule has 0 radical (unpaired) electrons. The summed E-state index contributed by atoms with van der Waals surface area (Å²) in [6.07, 6.45) is -2.04. The topological polar surface area (TPSA) is 66.8 Å². The number of rotatable bonds is 1. The molecule has 0 atom stereocenters. The van der Waals surface area contributed by atoms with E-state index in [-0.39, 0.29) is 40.4 Å². The monoisotopic (exact) mass is 226 g/mol. The summed E-state index contributed by atoms with van der Waals surface area (Å²) in [6.45, 7) is 0. The maximum atomic E-state index is 9.74. The average Bonchev–Trinajstić information content (AvgIpc) is 1.65. The van der Waals surface area contributed by atoms with Crippen molar-refractivity contribution in [2.24, 2.45) is 0 Å². The lowest BCUT2D eigenvalue weighted by molar-refractivity contribution is -0.160. The van der Waals surface area contributed by atoms with Gasteiger partial charge in [-0.2, -0.15) is 0 Å². The maximum Gasteiger partial charge on any atom is 0.374 e. The minimum Gasteiger partial charge on any atom is -0.380 e. The van der Waals surface area contributed by atoms with Crippen molar-refractivity contribution in [2.45, 2.75) is 6.29 Å². The highest BCUT2D eigenvalue weighted by molar-refractivity contribution is 9.06. The molecule has 0 spiro atoms. The van der Waals surface area contributed by atoms with Crippen molar-refractivity contribution in [3.05, 3.63) is 0 Å². The Hall–Kier alpha value is 1.17. The molecule has 7 heteroatoms. The van der Waals surface area contributed by atoms with E-state index >= 15 is 0 Å². The molecular weight excluding hydrogens is 219 g/mol. The van der Waals surface area contributed by atoms with Crippen LogP contribution in [0.4, 0.5) is 0 Å². The van der Waals surface area contributed by atoms with Crippen LogP contribution >= 0.6 is 16.3 Å². The highest BCUT2D eigenvalue weighted by atomic mass is 79.9. The van der Waals surface area contributed by atoms with Gasteiger partial charge in [-0.25, -0.2) is 4.79 Å². The summed E-state index contributed by atoms with van der Waals surface area (Å²) in [5.41, 5.74) is 0. The van der Waals surface area contributed by atoms with E-state index < -0.39 is 12.3 Å². The number of hydrogen-bond donors (Lipinski definition) is 2. The molecular formula is C2H8AlBrMgO4. The first kappa shape index (κ1) is 16.6. The Balaban J connectivity index is -0.000000180. The zero-order valence-electron chi connectivity index (χ0n) is 3.17. The molecule has 0 saturated heterocycles. The predicted molar refractivity (Wildman–Crippen MR) is 41.7 cm³/mol. The van der Waals surface area contributed by atoms with E-state index in [1.165, 1.54) is 0 Å². The van der Waals surface area contributed by atoms with Gasteiger partial charge in [-0.3, -0.25) is 0 Å². The standard InChI is InChI=1S/C2H3BrO4.Al.Mg.5H/c3-7-2(6)1(4)5;;;;;;;/h1,4-5H;;;;;;;. The number of aliphatic hydroxyl groups is 2. The molecule has 0 unspecified atom stereocenters. The Morgan fingerprint density at radius 3 is 1.89 bits per heavy atom. The fourth-order valence-electron chi connectivity index (χ4n) is 0.0398. The van der Waals surface area contributed by atoms with E-state index in [4.69, 9.17) is 10.2 Å². The third kappa shape index (κ3) is 9.17. The van der Waals surface area contributed by atoms with E-state index in [9.17, 15) is 4.79 Å². The fourth-order valence-corrected chi connectivity index (χ4v) is 0.207. The third-order valence-electron chi connectivity index (χ3n) is 0.287. The van der Waals surface area contributed by atoms with Gasteiger partial charge in [0.1, 0.15) is 0 Å². The zero-order chi connectivity index (χ0) is 5.86. The number of carbonyl (C=O) groups is 1. The second-order valence-corrected chi connectivity index (χ2v) is 1.09. The number of carbonyl (C=O) groups excluding carboxylic acids is 1. The maximum absolute atomic E-state index is 9.74. The summed E-state index contributed by atoms with van der Waals surface area (Å²) < 4.78 is 3.69. The van der Waals surface area contributed by atoms with Gasteiger partial charge in [0, 0.05) is 0 Å². The Morgan fingerprint density at radius 2 is 1.89 bits per heavy atom. The molecule has 0 rings (SSSR count). The summed E-state index contributed by atoms with van der Waals surface area (Å²) in [7, 11) is 0. The molecule has 0 amide bonds. The van der Waals surface area contributed by atoms with Crippen molar-refractivity contribution < 1.29 is 18.8 Å². The van der Waals surface area contributed by atoms with Crippen LogP contribution in [-0.2, 0) is 8.62 Å². The molecule has 0 aliphatic heterocycles. The Morgan fingerprint density at radius 1 is 1.56 bits per heavy atom. The lowest BCUT2D eigenvalue weighted by Gasteiger charge is -1.93. The van der Waals surface area contributed by atoms with Crippen LogP contribution in [0.25, 0.3) is 0 Å². The molecule has 9 heavy (non-hydrogen) atoms. The van der Waals surface area contributed by atoms with Crippen LogP contribution in [0.15, 0.2) is 0 Å². The first-order valence-corrected chi connectivity index (χ1v) is 2.02. The second kappa shape index (κ2) is 9.17. The van der Waals surface area contributed by atoms with Crippen molar-refractivity contribution in [1.82, 2.24) is 0 Å². The van der Waals surface area contributed by atoms with E-state index in [1.54, 1.807) is 0 Å². The van der Waals surface area contributed by atoms with Gasteiger partial charge in [0.2, 0.25) is 0 Å². The molecule has 0 aromatic carbocycles. The average molecular weight is 227 g/mol. The molecule has 2 N–H and O–H groups in total. The summed E-state index contributed by atoms with van der Waals surface area (Å²) in [5, 5.41) is 15.7. The summed E-state index contributed by atoms with van der Waals surface area (Å²) >= 11 is 2.25. The second-order valence-electron chi connectivity index (χ2n) is 0.770. The van der Waals surface area contributed by atoms with Gasteiger partial charge in [0.25, 0.3) is 6.29 Å². The summed E-state index contributed by atoms with van der Waals surface area (Å²) in [6, 6.07) is 0. The van der Waals surface area contributed by atoms with Crippen LogP contribution < -0.4 is 0 Å². The van der Waals surface area contributed by atoms with Gasteiger partial charge in [0.05, 0.1) is 0 Å². The number of hydrogen-bond acceptors (Lipinski definition) is 4. The van der Waals surface area contributed by atoms with Gasteiger partial charge >= 0.3 is 29.0 Å². The molecule has 0 heterocycles. The largest absolute Gasteiger partial charge is 0.380 e. The SMILES string of the molecule is O=C(OBr)C(O)O.[AlH3].[MgH2]. The lowest BCUT2D eigenvalue weighted by atomic mass is 10.7. The zero-order valence-corrected chi connectivity index (χ0v) is 4.75. The van der Waals surface area contributed by atoms with Crippen LogP contribution in [0, 0.1) is 0 Å². The highest BCUT2D eigenvalue weighted by Crippen LogP contribution is 1.88. The third-order valence-corrected chi connectivity index (χ3v) is 0.606. The number of halogens is 1. The van der Waals surface area contributed by atoms with Crippen LogP contribution in [-0.4, -0.2) is 62.9 Å². The van der Waals surface area contributed by atoms with Crippen molar-refractivity contribution in [1.29, 1.82) is 0 Å². The van der Waals surface area contributed by atoms with Crippen LogP contribution in [0.1, 0.15) is 0 Å². The van der Waals surface area contributed by atoms with E-state index in [0.29, 0.717) is 0 Å². The summed E-state index contributed by atoms with van der Waals surface area (Å²) in [5.74, 6) is -1.12. The van der Waals surface area contributed by atoms with Crippen molar-refractivity contribution in [3.63, 3.8) is 0 Å². The molecule has 0 aromatic heterocycles. The molecule has 0 saturated carbocycles. The van der Waals surface area contributed by atoms with Crippen LogP contribution in [0.2, 0.25) is 0 Å². The lowest BCUT2D eigenvalue weighted by Crippen LogP contribution is -2.18. The molecule has 0 aromatic rings. The van der Waals surface area contributed by atoms with Gasteiger partial charge < -0.3 is 14.0 Å². The van der Waals surface area contributed by atoms with E-state index in [2.05, 4.69) is 20.1 Å². The van der Waals surface area contributed by atoms with E-state index in [0.717, 1.165) is 0 Å². The normalized spacial score (nSPS) is 7.11. The Bertz CT molecular complexity index is 79.0. The van der Waals surface area contributed by atoms with Crippen molar-refractivity contribution in [3.8, 4) is 0 Å². The predicted octanol–water partition coefficient (Wildman–Crippen LogP) is -2.95. The van der Waals surface area contributed by atoms with Crippen LogP contribution in [0.3, 0.4) is 0 Å². The Labute approximate surface area is 87.3 Å². The van der Waals surface area contributed by atoms with Gasteiger partial charge in [0.15, 0.2) is 33.6 Å². The minimum atomic E-state index is -2.04. The van der Waals surface area contributed by atoms with E-state index in [1.807, 2.05) is 0 Å². The van der Waals surface area contributed by atoms with Crippen molar-refractivity contribution in [2.75, 3.05) is 0 Å². The molecule has 0 bridgehead atoms. The highest BCUT2D eigenvalue weighted by Gasteiger charge is 2.09. The number of aliphatic hydroxyl groups excluding tert-OH is 1. The smallest absolute Gasteiger partial charge is 0.374 e. The van der Waals surface area contributed by atoms with Gasteiger partial charge in [-0.05, 0) is 0 Å². The Kier molecular flexibility index (Phi) is 16.9. The van der Waals surface area contributed by atoms with Gasteiger partial charge in [-0.1, -0.05) is 0 Å². The quantitative estimate of drug-likeness (QED) is 0.371. The minimum absolute atomic E-state index is 0.